The van der Waals surface area contributed by atoms with E-state index in [9.17, 15) is 0 Å². The summed E-state index contributed by atoms with van der Waals surface area (Å²) < 4.78 is 4.93. The second kappa shape index (κ2) is 3.60. The number of methoxy groups -OCH3 is 1. The normalized spacial score (nSPS) is 9.73. The van der Waals surface area contributed by atoms with Crippen molar-refractivity contribution in [3.8, 4) is 5.75 Å². The van der Waals surface area contributed by atoms with Gasteiger partial charge in [0.05, 0.1) is 13.7 Å². The number of aliphatic hydroxyl groups is 1. The van der Waals surface area contributed by atoms with E-state index in [1.54, 1.807) is 25.3 Å². The molecule has 2 nitrogen and oxygen atoms in total. The summed E-state index contributed by atoms with van der Waals surface area (Å²) in [6.07, 6.45) is 0. The van der Waals surface area contributed by atoms with E-state index in [0.717, 1.165) is 0 Å². The molecule has 1 N–H and O–H groups in total. The first-order chi connectivity index (χ1) is 5.27. The zero-order valence-corrected chi connectivity index (χ0v) is 6.93. The van der Waals surface area contributed by atoms with Gasteiger partial charge in [0.1, 0.15) is 5.75 Å². The van der Waals surface area contributed by atoms with E-state index in [4.69, 9.17) is 21.4 Å². The van der Waals surface area contributed by atoms with Gasteiger partial charge in [-0.25, -0.2) is 0 Å². The maximum atomic E-state index is 8.76. The van der Waals surface area contributed by atoms with Crippen LogP contribution in [0.25, 0.3) is 0 Å². The van der Waals surface area contributed by atoms with Gasteiger partial charge in [0.15, 0.2) is 0 Å². The van der Waals surface area contributed by atoms with Crippen molar-refractivity contribution in [2.24, 2.45) is 0 Å². The number of hydrogen-bond donors (Lipinski definition) is 1. The Kier molecular flexibility index (Phi) is 2.74. The minimum Gasteiger partial charge on any atom is -0.497 e. The predicted molar refractivity (Wildman–Crippen MR) is 43.9 cm³/mol. The van der Waals surface area contributed by atoms with Gasteiger partial charge in [-0.2, -0.15) is 0 Å². The molecule has 1 aromatic carbocycles. The van der Waals surface area contributed by atoms with Crippen LogP contribution in [0.5, 0.6) is 5.75 Å². The Hall–Kier alpha value is -0.730. The van der Waals surface area contributed by atoms with Crippen molar-refractivity contribution in [3.05, 3.63) is 28.8 Å². The SMILES string of the molecule is COc1ccc(CO)c(Cl)c1. The van der Waals surface area contributed by atoms with Gasteiger partial charge in [0.2, 0.25) is 0 Å². The highest BCUT2D eigenvalue weighted by molar-refractivity contribution is 6.31. The third-order valence-corrected chi connectivity index (χ3v) is 1.78. The van der Waals surface area contributed by atoms with Gasteiger partial charge in [-0.3, -0.25) is 0 Å². The van der Waals surface area contributed by atoms with Crippen molar-refractivity contribution in [1.29, 1.82) is 0 Å². The molecule has 0 aliphatic carbocycles. The molecule has 0 unspecified atom stereocenters. The minimum atomic E-state index is -0.0389. The van der Waals surface area contributed by atoms with Gasteiger partial charge < -0.3 is 9.84 Å². The highest BCUT2D eigenvalue weighted by Gasteiger charge is 1.99. The number of ether oxygens (including phenoxy) is 1. The molecule has 0 bridgehead atoms. The Balaban J connectivity index is 2.99. The molecule has 0 aliphatic rings. The average molecular weight is 173 g/mol. The van der Waals surface area contributed by atoms with Gasteiger partial charge in [-0.15, -0.1) is 0 Å². The van der Waals surface area contributed by atoms with Crippen molar-refractivity contribution in [1.82, 2.24) is 0 Å². The third kappa shape index (κ3) is 1.85. The molecule has 0 aliphatic heterocycles. The molecular formula is C8H9ClO2. The largest absolute Gasteiger partial charge is 0.497 e. The first-order valence-electron chi connectivity index (χ1n) is 3.21. The van der Waals surface area contributed by atoms with Crippen molar-refractivity contribution in [3.63, 3.8) is 0 Å². The zero-order chi connectivity index (χ0) is 8.27. The van der Waals surface area contributed by atoms with E-state index >= 15 is 0 Å². The minimum absolute atomic E-state index is 0.0389. The molecule has 1 rings (SSSR count). The Morgan fingerprint density at radius 1 is 1.55 bits per heavy atom. The van der Waals surface area contributed by atoms with Crippen LogP contribution in [-0.4, -0.2) is 12.2 Å². The molecular weight excluding hydrogens is 164 g/mol. The van der Waals surface area contributed by atoms with Crippen molar-refractivity contribution >= 4 is 11.6 Å². The Morgan fingerprint density at radius 3 is 2.73 bits per heavy atom. The van der Waals surface area contributed by atoms with Crippen LogP contribution in [0, 0.1) is 0 Å². The molecule has 0 radical (unpaired) electrons. The fourth-order valence-corrected chi connectivity index (χ4v) is 1.01. The number of hydrogen-bond acceptors (Lipinski definition) is 2. The zero-order valence-electron chi connectivity index (χ0n) is 6.17. The summed E-state index contributed by atoms with van der Waals surface area (Å²) >= 11 is 5.77. The van der Waals surface area contributed by atoms with Crippen LogP contribution in [0.4, 0.5) is 0 Å². The highest BCUT2D eigenvalue weighted by atomic mass is 35.5. The van der Waals surface area contributed by atoms with E-state index in [1.165, 1.54) is 0 Å². The lowest BCUT2D eigenvalue weighted by Crippen LogP contribution is -1.87. The fraction of sp³-hybridized carbons (Fsp3) is 0.250. The molecule has 0 fully saturated rings. The molecule has 0 atom stereocenters. The van der Waals surface area contributed by atoms with E-state index in [-0.39, 0.29) is 6.61 Å². The second-order valence-corrected chi connectivity index (χ2v) is 2.52. The van der Waals surface area contributed by atoms with Gasteiger partial charge in [0.25, 0.3) is 0 Å². The van der Waals surface area contributed by atoms with Crippen molar-refractivity contribution in [2.45, 2.75) is 6.61 Å². The summed E-state index contributed by atoms with van der Waals surface area (Å²) in [6.45, 7) is -0.0389. The molecule has 0 spiro atoms. The third-order valence-electron chi connectivity index (χ3n) is 1.43. The standard InChI is InChI=1S/C8H9ClO2/c1-11-7-3-2-6(5-10)8(9)4-7/h2-4,10H,5H2,1H3. The van der Waals surface area contributed by atoms with Gasteiger partial charge >= 0.3 is 0 Å². The maximum absolute atomic E-state index is 8.76. The van der Waals surface area contributed by atoms with E-state index < -0.39 is 0 Å². The lowest BCUT2D eigenvalue weighted by atomic mass is 10.2. The van der Waals surface area contributed by atoms with Gasteiger partial charge in [-0.1, -0.05) is 17.7 Å². The number of aliphatic hydroxyl groups excluding tert-OH is 1. The number of halogens is 1. The van der Waals surface area contributed by atoms with E-state index in [1.807, 2.05) is 0 Å². The summed E-state index contributed by atoms with van der Waals surface area (Å²) in [7, 11) is 1.57. The van der Waals surface area contributed by atoms with Crippen LogP contribution in [0.15, 0.2) is 18.2 Å². The Morgan fingerprint density at radius 2 is 2.27 bits per heavy atom. The molecule has 0 saturated heterocycles. The van der Waals surface area contributed by atoms with Crippen LogP contribution in [-0.2, 0) is 6.61 Å². The molecule has 0 heterocycles. The summed E-state index contributed by atoms with van der Waals surface area (Å²) in [4.78, 5) is 0. The predicted octanol–water partition coefficient (Wildman–Crippen LogP) is 1.84. The van der Waals surface area contributed by atoms with Crippen LogP contribution >= 0.6 is 11.6 Å². The topological polar surface area (TPSA) is 29.5 Å². The van der Waals surface area contributed by atoms with Crippen LogP contribution < -0.4 is 4.74 Å². The second-order valence-electron chi connectivity index (χ2n) is 2.12. The monoisotopic (exact) mass is 172 g/mol. The molecule has 0 aromatic heterocycles. The maximum Gasteiger partial charge on any atom is 0.120 e. The van der Waals surface area contributed by atoms with Crippen LogP contribution in [0.1, 0.15) is 5.56 Å². The quantitative estimate of drug-likeness (QED) is 0.738. The number of rotatable bonds is 2. The van der Waals surface area contributed by atoms with Gasteiger partial charge in [0, 0.05) is 5.02 Å². The summed E-state index contributed by atoms with van der Waals surface area (Å²) in [5.41, 5.74) is 0.715. The summed E-state index contributed by atoms with van der Waals surface area (Å²) in [5, 5.41) is 9.29. The fourth-order valence-electron chi connectivity index (χ4n) is 0.783. The summed E-state index contributed by atoms with van der Waals surface area (Å²) in [6, 6.07) is 5.17. The Bertz CT molecular complexity index is 248. The molecule has 1 aromatic rings. The molecule has 3 heteroatoms. The molecule has 60 valence electrons. The lowest BCUT2D eigenvalue weighted by molar-refractivity contribution is 0.281. The molecule has 0 saturated carbocycles. The van der Waals surface area contributed by atoms with E-state index in [2.05, 4.69) is 0 Å². The summed E-state index contributed by atoms with van der Waals surface area (Å²) in [5.74, 6) is 0.701. The molecule has 11 heavy (non-hydrogen) atoms. The van der Waals surface area contributed by atoms with Crippen molar-refractivity contribution in [2.75, 3.05) is 7.11 Å². The molecule has 0 amide bonds. The Labute approximate surface area is 70.4 Å². The van der Waals surface area contributed by atoms with Crippen LogP contribution in [0.2, 0.25) is 5.02 Å². The van der Waals surface area contributed by atoms with Crippen LogP contribution in [0.3, 0.4) is 0 Å². The average Bonchev–Trinajstić information content (AvgIpc) is 2.04. The van der Waals surface area contributed by atoms with E-state index in [0.29, 0.717) is 16.3 Å². The smallest absolute Gasteiger partial charge is 0.120 e. The highest BCUT2D eigenvalue weighted by Crippen LogP contribution is 2.21. The lowest BCUT2D eigenvalue weighted by Gasteiger charge is -2.02. The number of benzene rings is 1. The first kappa shape index (κ1) is 8.37. The first-order valence-corrected chi connectivity index (χ1v) is 3.59. The van der Waals surface area contributed by atoms with Crippen molar-refractivity contribution < 1.29 is 9.84 Å². The van der Waals surface area contributed by atoms with Gasteiger partial charge in [-0.05, 0) is 17.7 Å².